The number of hydrogen-bond donors (Lipinski definition) is 2. The van der Waals surface area contributed by atoms with Gasteiger partial charge in [-0.25, -0.2) is 4.67 Å². The van der Waals surface area contributed by atoms with Gasteiger partial charge < -0.3 is 19.7 Å². The number of unbranched alkanes of at least 4 members (excludes halogenated alkanes) is 4. The molecule has 2 N–H and O–H groups in total. The Kier molecular flexibility index (Phi) is 15.3. The second kappa shape index (κ2) is 17.6. The van der Waals surface area contributed by atoms with Crippen molar-refractivity contribution in [3.05, 3.63) is 0 Å². The van der Waals surface area contributed by atoms with Crippen LogP contribution in [-0.2, 0) is 18.6 Å². The molecule has 2 saturated heterocycles. The fourth-order valence-electron chi connectivity index (χ4n) is 4.88. The third-order valence-electron chi connectivity index (χ3n) is 6.61. The molecule has 2 aliphatic heterocycles. The smallest absolute Gasteiger partial charge is 0.259 e. The predicted octanol–water partition coefficient (Wildman–Crippen LogP) is 5.14. The van der Waals surface area contributed by atoms with Gasteiger partial charge in [0, 0.05) is 42.8 Å². The number of carbonyl (C=O) groups excluding carboxylic acids is 2. The van der Waals surface area contributed by atoms with E-state index in [4.69, 9.17) is 14.3 Å². The molecule has 10 heteroatoms. The molecule has 0 saturated carbocycles. The number of rotatable bonds is 19. The lowest BCUT2D eigenvalue weighted by Gasteiger charge is -2.35. The highest BCUT2D eigenvalue weighted by molar-refractivity contribution is 8.00. The van der Waals surface area contributed by atoms with E-state index in [0.717, 1.165) is 57.2 Å². The van der Waals surface area contributed by atoms with Gasteiger partial charge in [0.15, 0.2) is 0 Å². The Morgan fingerprint density at radius 1 is 1.14 bits per heavy atom. The molecule has 4 atom stereocenters. The van der Waals surface area contributed by atoms with Crippen LogP contribution in [0.2, 0.25) is 0 Å². The lowest BCUT2D eigenvalue weighted by molar-refractivity contribution is -0.121. The van der Waals surface area contributed by atoms with Crippen molar-refractivity contribution >= 4 is 32.1 Å². The minimum atomic E-state index is -1.16. The number of carbonyl (C=O) groups is 2. The van der Waals surface area contributed by atoms with E-state index in [1.54, 1.807) is 0 Å². The molecule has 2 amide bonds. The molecule has 2 rings (SSSR count). The van der Waals surface area contributed by atoms with Gasteiger partial charge in [-0.15, -0.1) is 0 Å². The second-order valence-corrected chi connectivity index (χ2v) is 13.0. The Morgan fingerprint density at radius 2 is 1.86 bits per heavy atom. The van der Waals surface area contributed by atoms with Gasteiger partial charge in [0.1, 0.15) is 0 Å². The number of hydrogen-bond acceptors (Lipinski definition) is 7. The summed E-state index contributed by atoms with van der Waals surface area (Å²) in [5, 5.41) is 15.5. The zero-order valence-corrected chi connectivity index (χ0v) is 24.4. The second-order valence-electron chi connectivity index (χ2n) is 10.3. The topological polar surface area (TPSA) is 104 Å². The first kappa shape index (κ1) is 31.3. The summed E-state index contributed by atoms with van der Waals surface area (Å²) in [4.78, 5) is 23.7. The van der Waals surface area contributed by atoms with Crippen LogP contribution in [0.15, 0.2) is 0 Å². The number of nitriles is 1. The van der Waals surface area contributed by atoms with Gasteiger partial charge >= 0.3 is 0 Å². The molecule has 4 unspecified atom stereocenters. The zero-order valence-electron chi connectivity index (χ0n) is 22.7. The number of fused-ring (bicyclic) bond motifs is 1. The summed E-state index contributed by atoms with van der Waals surface area (Å²) in [6, 6.07) is 3.10. The van der Waals surface area contributed by atoms with Gasteiger partial charge in [-0.3, -0.25) is 9.59 Å². The Labute approximate surface area is 224 Å². The summed E-state index contributed by atoms with van der Waals surface area (Å²) in [6.45, 7) is 10.3. The van der Waals surface area contributed by atoms with E-state index in [1.807, 2.05) is 11.8 Å². The quantitative estimate of drug-likeness (QED) is 0.172. The molecule has 0 spiro atoms. The van der Waals surface area contributed by atoms with Crippen LogP contribution in [0.1, 0.15) is 91.9 Å². The first-order valence-electron chi connectivity index (χ1n) is 13.7. The van der Waals surface area contributed by atoms with Gasteiger partial charge in [0.2, 0.25) is 11.8 Å². The summed E-state index contributed by atoms with van der Waals surface area (Å²) in [7, 11) is -1.16. The fraction of sp³-hybridized carbons (Fsp3) is 0.885. The number of thioether (sulfide) groups is 1. The first-order chi connectivity index (χ1) is 17.3. The van der Waals surface area contributed by atoms with Crippen LogP contribution in [0.5, 0.6) is 0 Å². The van der Waals surface area contributed by atoms with Crippen LogP contribution in [0.25, 0.3) is 0 Å². The predicted molar refractivity (Wildman–Crippen MR) is 147 cm³/mol. The van der Waals surface area contributed by atoms with Crippen LogP contribution < -0.4 is 10.6 Å². The fourth-order valence-corrected chi connectivity index (χ4v) is 8.16. The third-order valence-corrected chi connectivity index (χ3v) is 10.3. The van der Waals surface area contributed by atoms with Crippen molar-refractivity contribution < 1.29 is 18.6 Å². The standard InChI is InChI=1S/C26H47N4O4PS/c1-20(2)30(21(3)4)35(34-17-11-14-27)33-16-10-6-5-9-15-28-24(31)13-8-7-12-23-26-22(19-36-23)18-25(32)29-26/h20-23,26H,5-13,15-19H2,1-4H3,(H,28,31)(H,29,32). The highest BCUT2D eigenvalue weighted by Crippen LogP contribution is 2.46. The Morgan fingerprint density at radius 3 is 2.58 bits per heavy atom. The maximum absolute atomic E-state index is 12.1. The van der Waals surface area contributed by atoms with Crippen molar-refractivity contribution in [2.75, 3.05) is 25.5 Å². The van der Waals surface area contributed by atoms with Crippen molar-refractivity contribution in [2.45, 2.75) is 115 Å². The lowest BCUT2D eigenvalue weighted by Crippen LogP contribution is -2.34. The summed E-state index contributed by atoms with van der Waals surface area (Å²) in [5.41, 5.74) is 0. The molecule has 36 heavy (non-hydrogen) atoms. The van der Waals surface area contributed by atoms with E-state index in [1.165, 1.54) is 0 Å². The van der Waals surface area contributed by atoms with Crippen molar-refractivity contribution in [1.82, 2.24) is 15.3 Å². The van der Waals surface area contributed by atoms with Crippen LogP contribution in [0.3, 0.4) is 0 Å². The molecule has 2 fully saturated rings. The molecular weight excluding hydrogens is 495 g/mol. The van der Waals surface area contributed by atoms with Crippen molar-refractivity contribution in [2.24, 2.45) is 5.92 Å². The minimum absolute atomic E-state index is 0.145. The molecule has 0 bridgehead atoms. The molecule has 2 heterocycles. The van der Waals surface area contributed by atoms with Gasteiger partial charge in [0.05, 0.1) is 25.7 Å². The summed E-state index contributed by atoms with van der Waals surface area (Å²) >= 11 is 1.99. The van der Waals surface area contributed by atoms with Gasteiger partial charge in [-0.05, 0) is 65.0 Å². The summed E-state index contributed by atoms with van der Waals surface area (Å²) in [6.07, 6.45) is 8.73. The lowest BCUT2D eigenvalue weighted by atomic mass is 9.97. The molecule has 0 aromatic carbocycles. The first-order valence-corrected chi connectivity index (χ1v) is 15.9. The molecule has 0 radical (unpaired) electrons. The van der Waals surface area contributed by atoms with Crippen molar-refractivity contribution in [1.29, 1.82) is 5.26 Å². The van der Waals surface area contributed by atoms with E-state index >= 15 is 0 Å². The van der Waals surface area contributed by atoms with Crippen LogP contribution in [0.4, 0.5) is 0 Å². The Bertz CT molecular complexity index is 698. The maximum atomic E-state index is 12.1. The number of amides is 2. The van der Waals surface area contributed by atoms with E-state index in [0.29, 0.717) is 61.8 Å². The van der Waals surface area contributed by atoms with E-state index in [-0.39, 0.29) is 11.8 Å². The van der Waals surface area contributed by atoms with Crippen LogP contribution in [0, 0.1) is 17.2 Å². The SMILES string of the molecule is CC(C)N(C(C)C)P(OCCC#N)OCCCCCCNC(=O)CCCCC1SCC2CC(=O)NC21. The molecule has 0 aromatic rings. The Hall–Kier alpha value is -0.910. The van der Waals surface area contributed by atoms with Gasteiger partial charge in [-0.2, -0.15) is 17.0 Å². The van der Waals surface area contributed by atoms with Gasteiger partial charge in [-0.1, -0.05) is 19.3 Å². The molecule has 8 nitrogen and oxygen atoms in total. The van der Waals surface area contributed by atoms with E-state index in [9.17, 15) is 9.59 Å². The van der Waals surface area contributed by atoms with Gasteiger partial charge in [0.25, 0.3) is 8.53 Å². The normalized spacial score (nSPS) is 22.2. The largest absolute Gasteiger partial charge is 0.356 e. The van der Waals surface area contributed by atoms with E-state index in [2.05, 4.69) is 49.1 Å². The monoisotopic (exact) mass is 542 g/mol. The summed E-state index contributed by atoms with van der Waals surface area (Å²) < 4.78 is 14.3. The Balaban J connectivity index is 1.48. The number of nitrogens with one attached hydrogen (secondary N) is 2. The van der Waals surface area contributed by atoms with Crippen LogP contribution in [-0.4, -0.2) is 65.4 Å². The average Bonchev–Trinajstić information content (AvgIpc) is 3.37. The van der Waals surface area contributed by atoms with Crippen molar-refractivity contribution in [3.63, 3.8) is 0 Å². The molecule has 206 valence electrons. The zero-order chi connectivity index (χ0) is 26.3. The number of nitrogens with zero attached hydrogens (tertiary/aromatic N) is 2. The van der Waals surface area contributed by atoms with Crippen molar-refractivity contribution in [3.8, 4) is 6.07 Å². The molecular formula is C26H47N4O4PS. The highest BCUT2D eigenvalue weighted by Gasteiger charge is 2.42. The summed E-state index contributed by atoms with van der Waals surface area (Å²) in [5.74, 6) is 1.96. The average molecular weight is 543 g/mol. The van der Waals surface area contributed by atoms with Crippen LogP contribution >= 0.6 is 20.3 Å². The minimum Gasteiger partial charge on any atom is -0.356 e. The molecule has 0 aromatic heterocycles. The molecule has 0 aliphatic carbocycles. The highest BCUT2D eigenvalue weighted by atomic mass is 32.2. The maximum Gasteiger partial charge on any atom is 0.259 e. The molecule has 2 aliphatic rings. The van der Waals surface area contributed by atoms with E-state index < -0.39 is 8.53 Å². The third kappa shape index (κ3) is 11.2.